The number of ketones is 1. The molecule has 3 heteroatoms. The fourth-order valence-corrected chi connectivity index (χ4v) is 4.28. The lowest BCUT2D eigenvalue weighted by molar-refractivity contribution is 0.103. The first-order chi connectivity index (χ1) is 12.1. The number of hydrogen-bond acceptors (Lipinski definition) is 3. The van der Waals surface area contributed by atoms with Gasteiger partial charge in [0, 0.05) is 17.6 Å². The lowest BCUT2D eigenvalue weighted by Gasteiger charge is -2.25. The molecule has 1 saturated carbocycles. The number of phenolic OH excluding ortho intramolecular Hbond substituents is 2. The van der Waals surface area contributed by atoms with Crippen molar-refractivity contribution in [3.8, 4) is 11.5 Å². The lowest BCUT2D eigenvalue weighted by Crippen LogP contribution is -2.12. The summed E-state index contributed by atoms with van der Waals surface area (Å²) in [4.78, 5) is 13.2. The Hall–Kier alpha value is -2.55. The molecule has 0 amide bonds. The van der Waals surface area contributed by atoms with Crippen molar-refractivity contribution in [2.45, 2.75) is 38.5 Å². The molecule has 0 aliphatic heterocycles. The largest absolute Gasteiger partial charge is 0.508 e. The smallest absolute Gasteiger partial charge is 0.189 e. The highest BCUT2D eigenvalue weighted by molar-refractivity contribution is 6.15. The number of allylic oxidation sites excluding steroid dienone is 2. The topological polar surface area (TPSA) is 57.5 Å². The fraction of sp³-hybridized carbons (Fsp3) is 0.318. The predicted octanol–water partition coefficient (Wildman–Crippen LogP) is 4.87. The predicted molar refractivity (Wildman–Crippen MR) is 97.7 cm³/mol. The van der Waals surface area contributed by atoms with E-state index in [4.69, 9.17) is 0 Å². The van der Waals surface area contributed by atoms with Crippen LogP contribution in [0.5, 0.6) is 11.5 Å². The van der Waals surface area contributed by atoms with Crippen LogP contribution in [-0.4, -0.2) is 16.0 Å². The van der Waals surface area contributed by atoms with Crippen LogP contribution in [0.4, 0.5) is 0 Å². The van der Waals surface area contributed by atoms with E-state index in [1.54, 1.807) is 36.4 Å². The molecule has 3 nitrogen and oxygen atoms in total. The Morgan fingerprint density at radius 1 is 0.880 bits per heavy atom. The maximum absolute atomic E-state index is 13.2. The molecule has 4 rings (SSSR count). The number of benzene rings is 2. The lowest BCUT2D eigenvalue weighted by atomic mass is 9.80. The van der Waals surface area contributed by atoms with Gasteiger partial charge in [-0.2, -0.15) is 0 Å². The van der Waals surface area contributed by atoms with Gasteiger partial charge in [0.2, 0.25) is 0 Å². The highest BCUT2D eigenvalue weighted by Crippen LogP contribution is 2.45. The molecule has 2 N–H and O–H groups in total. The quantitative estimate of drug-likeness (QED) is 0.787. The van der Waals surface area contributed by atoms with Crippen LogP contribution < -0.4 is 0 Å². The van der Waals surface area contributed by atoms with Crippen molar-refractivity contribution in [2.24, 2.45) is 5.92 Å². The fourth-order valence-electron chi connectivity index (χ4n) is 4.28. The molecule has 0 spiro atoms. The summed E-state index contributed by atoms with van der Waals surface area (Å²) in [5.74, 6) is 0.879. The van der Waals surface area contributed by atoms with Gasteiger partial charge < -0.3 is 10.2 Å². The van der Waals surface area contributed by atoms with Crippen LogP contribution in [0.1, 0.15) is 53.6 Å². The molecule has 0 atom stereocenters. The minimum Gasteiger partial charge on any atom is -0.508 e. The van der Waals surface area contributed by atoms with E-state index in [9.17, 15) is 15.0 Å². The summed E-state index contributed by atoms with van der Waals surface area (Å²) >= 11 is 0. The van der Waals surface area contributed by atoms with Gasteiger partial charge in [0.1, 0.15) is 11.5 Å². The molecule has 0 unspecified atom stereocenters. The van der Waals surface area contributed by atoms with Crippen molar-refractivity contribution in [3.63, 3.8) is 0 Å². The number of rotatable bonds is 3. The third kappa shape index (κ3) is 2.95. The molecule has 0 heterocycles. The minimum absolute atomic E-state index is 0.0382. The average Bonchev–Trinajstić information content (AvgIpc) is 3.01. The molecule has 25 heavy (non-hydrogen) atoms. The van der Waals surface area contributed by atoms with E-state index in [-0.39, 0.29) is 17.3 Å². The van der Waals surface area contributed by atoms with E-state index in [1.807, 2.05) is 6.07 Å². The molecule has 0 radical (unpaired) electrons. The normalized spacial score (nSPS) is 17.6. The van der Waals surface area contributed by atoms with E-state index >= 15 is 0 Å². The Bertz CT molecular complexity index is 840. The van der Waals surface area contributed by atoms with Crippen molar-refractivity contribution in [2.75, 3.05) is 0 Å². The zero-order valence-corrected chi connectivity index (χ0v) is 14.2. The molecule has 0 aromatic heterocycles. The maximum Gasteiger partial charge on any atom is 0.189 e. The molecule has 0 bridgehead atoms. The number of carbonyl (C=O) groups is 1. The van der Waals surface area contributed by atoms with Crippen LogP contribution in [0, 0.1) is 5.92 Å². The standard InChI is InChI=1S/C22H22O3/c23-17-8-6-15(7-9-17)22(25)20-13-16-12-18(24)10-11-19(16)21(20)14-4-2-1-3-5-14/h6-12,14,23-24H,1-5,13H2. The zero-order chi connectivity index (χ0) is 17.4. The van der Waals surface area contributed by atoms with Gasteiger partial charge in [-0.1, -0.05) is 25.3 Å². The van der Waals surface area contributed by atoms with Crippen LogP contribution >= 0.6 is 0 Å². The number of fused-ring (bicyclic) bond motifs is 1. The van der Waals surface area contributed by atoms with Crippen molar-refractivity contribution >= 4 is 11.4 Å². The Balaban J connectivity index is 1.78. The molecule has 128 valence electrons. The Labute approximate surface area is 147 Å². The summed E-state index contributed by atoms with van der Waals surface area (Å²) in [6.45, 7) is 0. The van der Waals surface area contributed by atoms with Crippen molar-refractivity contribution in [1.82, 2.24) is 0 Å². The highest BCUT2D eigenvalue weighted by atomic mass is 16.3. The van der Waals surface area contributed by atoms with Crippen LogP contribution in [0.2, 0.25) is 0 Å². The number of aromatic hydroxyl groups is 2. The molecule has 2 aliphatic rings. The summed E-state index contributed by atoms with van der Waals surface area (Å²) in [5.41, 5.74) is 4.83. The molecule has 0 saturated heterocycles. The second-order valence-electron chi connectivity index (χ2n) is 7.12. The van der Waals surface area contributed by atoms with Crippen molar-refractivity contribution < 1.29 is 15.0 Å². The summed E-state index contributed by atoms with van der Waals surface area (Å²) < 4.78 is 0. The first-order valence-corrected chi connectivity index (χ1v) is 9.02. The second-order valence-corrected chi connectivity index (χ2v) is 7.12. The number of phenols is 2. The maximum atomic E-state index is 13.2. The highest BCUT2D eigenvalue weighted by Gasteiger charge is 2.32. The monoisotopic (exact) mass is 334 g/mol. The van der Waals surface area contributed by atoms with E-state index < -0.39 is 0 Å². The van der Waals surface area contributed by atoms with Gasteiger partial charge in [-0.3, -0.25) is 4.79 Å². The average molecular weight is 334 g/mol. The Morgan fingerprint density at radius 3 is 2.28 bits per heavy atom. The molecule has 2 aromatic carbocycles. The molecular formula is C22H22O3. The zero-order valence-electron chi connectivity index (χ0n) is 14.2. The van der Waals surface area contributed by atoms with E-state index in [2.05, 4.69) is 0 Å². The number of Topliss-reactive ketones (excluding diaryl/α,β-unsaturated/α-hetero) is 1. The van der Waals surface area contributed by atoms with Crippen molar-refractivity contribution in [1.29, 1.82) is 0 Å². The van der Waals surface area contributed by atoms with Crippen LogP contribution in [0.3, 0.4) is 0 Å². The Kier molecular flexibility index (Phi) is 4.08. The van der Waals surface area contributed by atoms with Crippen molar-refractivity contribution in [3.05, 3.63) is 64.7 Å². The summed E-state index contributed by atoms with van der Waals surface area (Å²) in [7, 11) is 0. The van der Waals surface area contributed by atoms with Gasteiger partial charge in [0.25, 0.3) is 0 Å². The van der Waals surface area contributed by atoms with E-state index in [1.165, 1.54) is 24.8 Å². The van der Waals surface area contributed by atoms with Gasteiger partial charge in [-0.15, -0.1) is 0 Å². The third-order valence-corrected chi connectivity index (χ3v) is 5.49. The van der Waals surface area contributed by atoms with Gasteiger partial charge in [-0.25, -0.2) is 0 Å². The van der Waals surface area contributed by atoms with E-state index in [0.29, 0.717) is 17.9 Å². The summed E-state index contributed by atoms with van der Waals surface area (Å²) in [6.07, 6.45) is 6.53. The van der Waals surface area contributed by atoms with Gasteiger partial charge >= 0.3 is 0 Å². The minimum atomic E-state index is 0.0382. The Morgan fingerprint density at radius 2 is 1.56 bits per heavy atom. The van der Waals surface area contributed by atoms with Gasteiger partial charge in [0.05, 0.1) is 0 Å². The first-order valence-electron chi connectivity index (χ1n) is 9.02. The van der Waals surface area contributed by atoms with Gasteiger partial charge in [0.15, 0.2) is 5.78 Å². The van der Waals surface area contributed by atoms with E-state index in [0.717, 1.165) is 29.5 Å². The SMILES string of the molecule is O=C(C1=C(C2CCCCC2)c2ccc(O)cc2C1)c1ccc(O)cc1. The molecular weight excluding hydrogens is 312 g/mol. The second kappa shape index (κ2) is 6.40. The van der Waals surface area contributed by atoms with Gasteiger partial charge in [-0.05, 0) is 71.9 Å². The molecule has 2 aliphatic carbocycles. The summed E-state index contributed by atoms with van der Waals surface area (Å²) in [5, 5.41) is 19.3. The van der Waals surface area contributed by atoms with Crippen LogP contribution in [0.25, 0.3) is 5.57 Å². The van der Waals surface area contributed by atoms with Crippen LogP contribution in [0.15, 0.2) is 48.0 Å². The molecule has 2 aromatic rings. The van der Waals surface area contributed by atoms with Crippen LogP contribution in [-0.2, 0) is 6.42 Å². The third-order valence-electron chi connectivity index (χ3n) is 5.49. The summed E-state index contributed by atoms with van der Waals surface area (Å²) in [6, 6.07) is 12.0. The first kappa shape index (κ1) is 15.9. The number of carbonyl (C=O) groups excluding carboxylic acids is 1. The number of hydrogen-bond donors (Lipinski definition) is 2. The molecule has 1 fully saturated rings.